The average Bonchev–Trinajstić information content (AvgIpc) is 2.06. The van der Waals surface area contributed by atoms with Crippen LogP contribution in [0.5, 0.6) is 0 Å². The maximum absolute atomic E-state index is 2.36. The summed E-state index contributed by atoms with van der Waals surface area (Å²) in [5.74, 6) is 0. The van der Waals surface area contributed by atoms with Gasteiger partial charge in [-0.3, -0.25) is 0 Å². The zero-order valence-corrected chi connectivity index (χ0v) is 8.14. The SMILES string of the molecule is CCP(C)Cc1ccccc1. The molecule has 1 heteroatoms. The molecule has 0 aliphatic carbocycles. The molecule has 0 radical (unpaired) electrons. The van der Waals surface area contributed by atoms with Crippen LogP contribution in [0.2, 0.25) is 0 Å². The normalized spacial score (nSPS) is 12.9. The van der Waals surface area contributed by atoms with Crippen molar-refractivity contribution < 1.29 is 0 Å². The van der Waals surface area contributed by atoms with E-state index in [1.165, 1.54) is 17.9 Å². The van der Waals surface area contributed by atoms with Crippen LogP contribution in [-0.2, 0) is 6.16 Å². The predicted molar refractivity (Wildman–Crippen MR) is 53.5 cm³/mol. The number of benzene rings is 1. The van der Waals surface area contributed by atoms with E-state index in [-0.39, 0.29) is 7.92 Å². The standard InChI is InChI=1S/C10H15P/c1-3-11(2)9-10-7-5-4-6-8-10/h4-8H,3,9H2,1-2H3. The van der Waals surface area contributed by atoms with Crippen molar-refractivity contribution in [3.63, 3.8) is 0 Å². The van der Waals surface area contributed by atoms with Crippen molar-refractivity contribution in [1.82, 2.24) is 0 Å². The molecule has 0 saturated carbocycles. The third kappa shape index (κ3) is 3.03. The molecule has 0 aromatic heterocycles. The molecular weight excluding hydrogens is 151 g/mol. The topological polar surface area (TPSA) is 0 Å². The molecule has 1 rings (SSSR count). The van der Waals surface area contributed by atoms with Crippen molar-refractivity contribution in [1.29, 1.82) is 0 Å². The molecule has 0 heterocycles. The van der Waals surface area contributed by atoms with E-state index < -0.39 is 0 Å². The molecule has 0 spiro atoms. The predicted octanol–water partition coefficient (Wildman–Crippen LogP) is 3.32. The summed E-state index contributed by atoms with van der Waals surface area (Å²) in [5, 5.41) is 0. The minimum absolute atomic E-state index is 0.245. The lowest BCUT2D eigenvalue weighted by atomic mass is 10.2. The van der Waals surface area contributed by atoms with Gasteiger partial charge in [0.1, 0.15) is 0 Å². The van der Waals surface area contributed by atoms with E-state index in [0.29, 0.717) is 0 Å². The van der Waals surface area contributed by atoms with Gasteiger partial charge in [-0.25, -0.2) is 0 Å². The van der Waals surface area contributed by atoms with Crippen LogP contribution in [0, 0.1) is 0 Å². The zero-order chi connectivity index (χ0) is 8.10. The smallest absolute Gasteiger partial charge is 0.00757 e. The summed E-state index contributed by atoms with van der Waals surface area (Å²) < 4.78 is 0. The fourth-order valence-electron chi connectivity index (χ4n) is 1.01. The van der Waals surface area contributed by atoms with Gasteiger partial charge >= 0.3 is 0 Å². The van der Waals surface area contributed by atoms with Gasteiger partial charge in [0.05, 0.1) is 0 Å². The van der Waals surface area contributed by atoms with Gasteiger partial charge < -0.3 is 0 Å². The van der Waals surface area contributed by atoms with Crippen LogP contribution in [0.1, 0.15) is 12.5 Å². The molecule has 0 bridgehead atoms. The second kappa shape index (κ2) is 4.51. The highest BCUT2D eigenvalue weighted by molar-refractivity contribution is 7.55. The lowest BCUT2D eigenvalue weighted by molar-refractivity contribution is 1.36. The summed E-state index contributed by atoms with van der Waals surface area (Å²) in [4.78, 5) is 0. The van der Waals surface area contributed by atoms with Crippen molar-refractivity contribution in [2.24, 2.45) is 0 Å². The molecule has 0 saturated heterocycles. The largest absolute Gasteiger partial charge is 0.106 e. The summed E-state index contributed by atoms with van der Waals surface area (Å²) in [6, 6.07) is 10.7. The Balaban J connectivity index is 2.51. The molecule has 0 amide bonds. The van der Waals surface area contributed by atoms with Gasteiger partial charge in [0, 0.05) is 0 Å². The van der Waals surface area contributed by atoms with Crippen LogP contribution in [0.4, 0.5) is 0 Å². The van der Waals surface area contributed by atoms with Gasteiger partial charge in [0.2, 0.25) is 0 Å². The van der Waals surface area contributed by atoms with Crippen LogP contribution in [-0.4, -0.2) is 12.8 Å². The van der Waals surface area contributed by atoms with Crippen LogP contribution in [0.25, 0.3) is 0 Å². The van der Waals surface area contributed by atoms with E-state index in [2.05, 4.69) is 43.9 Å². The van der Waals surface area contributed by atoms with Gasteiger partial charge in [-0.1, -0.05) is 37.3 Å². The minimum Gasteiger partial charge on any atom is -0.106 e. The van der Waals surface area contributed by atoms with Gasteiger partial charge in [-0.15, -0.1) is 7.92 Å². The molecule has 0 fully saturated rings. The Morgan fingerprint density at radius 3 is 2.36 bits per heavy atom. The van der Waals surface area contributed by atoms with E-state index in [4.69, 9.17) is 0 Å². The van der Waals surface area contributed by atoms with E-state index in [1.54, 1.807) is 0 Å². The van der Waals surface area contributed by atoms with Gasteiger partial charge in [-0.2, -0.15) is 0 Å². The summed E-state index contributed by atoms with van der Waals surface area (Å²) in [5.41, 5.74) is 1.49. The van der Waals surface area contributed by atoms with E-state index in [0.717, 1.165) is 0 Å². The first-order valence-electron chi connectivity index (χ1n) is 4.05. The lowest BCUT2D eigenvalue weighted by Gasteiger charge is -2.07. The summed E-state index contributed by atoms with van der Waals surface area (Å²) in [7, 11) is 0.245. The summed E-state index contributed by atoms with van der Waals surface area (Å²) >= 11 is 0. The first kappa shape index (κ1) is 8.74. The quantitative estimate of drug-likeness (QED) is 0.604. The third-order valence-corrected chi connectivity index (χ3v) is 3.82. The molecular formula is C10H15P. The summed E-state index contributed by atoms with van der Waals surface area (Å²) in [6.45, 7) is 4.64. The fourth-order valence-corrected chi connectivity index (χ4v) is 2.06. The number of rotatable bonds is 3. The number of hydrogen-bond donors (Lipinski definition) is 0. The Morgan fingerprint density at radius 2 is 1.82 bits per heavy atom. The number of hydrogen-bond acceptors (Lipinski definition) is 0. The molecule has 0 nitrogen and oxygen atoms in total. The van der Waals surface area contributed by atoms with Crippen molar-refractivity contribution in [3.05, 3.63) is 35.9 Å². The molecule has 1 aromatic carbocycles. The molecule has 1 unspecified atom stereocenters. The van der Waals surface area contributed by atoms with Crippen LogP contribution in [0.3, 0.4) is 0 Å². The van der Waals surface area contributed by atoms with Crippen molar-refractivity contribution >= 4 is 7.92 Å². The maximum Gasteiger partial charge on any atom is -0.00757 e. The first-order chi connectivity index (χ1) is 5.33. The molecule has 0 N–H and O–H groups in total. The highest BCUT2D eigenvalue weighted by Crippen LogP contribution is 2.33. The van der Waals surface area contributed by atoms with Crippen molar-refractivity contribution in [2.75, 3.05) is 12.8 Å². The molecule has 60 valence electrons. The Hall–Kier alpha value is -0.350. The Morgan fingerprint density at radius 1 is 1.18 bits per heavy atom. The second-order valence-corrected chi connectivity index (χ2v) is 5.48. The van der Waals surface area contributed by atoms with Crippen molar-refractivity contribution in [2.45, 2.75) is 13.1 Å². The first-order valence-corrected chi connectivity index (χ1v) is 6.21. The average molecular weight is 166 g/mol. The van der Waals surface area contributed by atoms with Gasteiger partial charge in [0.15, 0.2) is 0 Å². The van der Waals surface area contributed by atoms with Gasteiger partial charge in [-0.05, 0) is 24.6 Å². The molecule has 1 aromatic rings. The second-order valence-electron chi connectivity index (χ2n) is 2.82. The molecule has 11 heavy (non-hydrogen) atoms. The van der Waals surface area contributed by atoms with E-state index in [1.807, 2.05) is 0 Å². The van der Waals surface area contributed by atoms with Crippen molar-refractivity contribution in [3.8, 4) is 0 Å². The highest BCUT2D eigenvalue weighted by atomic mass is 31.1. The van der Waals surface area contributed by atoms with Crippen LogP contribution >= 0.6 is 7.92 Å². The Kier molecular flexibility index (Phi) is 3.59. The monoisotopic (exact) mass is 166 g/mol. The maximum atomic E-state index is 2.36. The highest BCUT2D eigenvalue weighted by Gasteiger charge is 1.97. The Labute approximate surface area is 70.4 Å². The fraction of sp³-hybridized carbons (Fsp3) is 0.400. The van der Waals surface area contributed by atoms with Crippen LogP contribution in [0.15, 0.2) is 30.3 Å². The van der Waals surface area contributed by atoms with E-state index in [9.17, 15) is 0 Å². The third-order valence-electron chi connectivity index (χ3n) is 1.84. The Bertz CT molecular complexity index is 193. The summed E-state index contributed by atoms with van der Waals surface area (Å²) in [6.07, 6.45) is 2.62. The lowest BCUT2D eigenvalue weighted by Crippen LogP contribution is -1.83. The zero-order valence-electron chi connectivity index (χ0n) is 7.25. The molecule has 0 aliphatic heterocycles. The van der Waals surface area contributed by atoms with Crippen LogP contribution < -0.4 is 0 Å². The molecule has 1 atom stereocenters. The minimum atomic E-state index is 0.245. The van der Waals surface area contributed by atoms with E-state index >= 15 is 0 Å². The van der Waals surface area contributed by atoms with Gasteiger partial charge in [0.25, 0.3) is 0 Å². The molecule has 0 aliphatic rings.